The first kappa shape index (κ1) is 23.3. The molecule has 6 heteroatoms. The van der Waals surface area contributed by atoms with Crippen molar-refractivity contribution in [2.24, 2.45) is 0 Å². The van der Waals surface area contributed by atoms with Crippen LogP contribution in [0, 0.1) is 0 Å². The second-order valence-corrected chi connectivity index (χ2v) is 8.26. The van der Waals surface area contributed by atoms with Crippen molar-refractivity contribution in [3.63, 3.8) is 0 Å². The van der Waals surface area contributed by atoms with Crippen LogP contribution in [0.5, 0.6) is 0 Å². The number of nitrogens with zero attached hydrogens (tertiary/aromatic N) is 1. The third kappa shape index (κ3) is 6.13. The number of nitrogen functional groups attached to an aromatic ring is 1. The first-order valence-electron chi connectivity index (χ1n) is 11.4. The van der Waals surface area contributed by atoms with Crippen molar-refractivity contribution in [2.45, 2.75) is 13.0 Å². The number of carbonyl (C=O) groups excluding carboxylic acids is 1. The van der Waals surface area contributed by atoms with Gasteiger partial charge < -0.3 is 21.1 Å². The third-order valence-corrected chi connectivity index (χ3v) is 5.82. The summed E-state index contributed by atoms with van der Waals surface area (Å²) in [5, 5.41) is 13.6. The summed E-state index contributed by atoms with van der Waals surface area (Å²) >= 11 is 0. The van der Waals surface area contributed by atoms with Gasteiger partial charge in [-0.1, -0.05) is 54.6 Å². The van der Waals surface area contributed by atoms with Crippen molar-refractivity contribution in [1.29, 1.82) is 0 Å². The fourth-order valence-electron chi connectivity index (χ4n) is 3.98. The number of fused-ring (bicyclic) bond motifs is 1. The number of hydrogen-bond acceptors (Lipinski definition) is 4. The van der Waals surface area contributed by atoms with Gasteiger partial charge in [0.05, 0.1) is 18.0 Å². The predicted molar refractivity (Wildman–Crippen MR) is 139 cm³/mol. The average molecular weight is 455 g/mol. The molecule has 174 valence electrons. The van der Waals surface area contributed by atoms with Crippen LogP contribution in [0.1, 0.15) is 16.7 Å². The average Bonchev–Trinajstić information content (AvgIpc) is 3.27. The fourth-order valence-corrected chi connectivity index (χ4v) is 3.98. The zero-order valence-corrected chi connectivity index (χ0v) is 19.1. The van der Waals surface area contributed by atoms with Crippen molar-refractivity contribution in [2.75, 3.05) is 30.7 Å². The van der Waals surface area contributed by atoms with E-state index in [0.29, 0.717) is 17.9 Å². The number of aromatic nitrogens is 1. The van der Waals surface area contributed by atoms with E-state index < -0.39 is 0 Å². The van der Waals surface area contributed by atoms with Gasteiger partial charge in [0.25, 0.3) is 0 Å². The van der Waals surface area contributed by atoms with Gasteiger partial charge >= 0.3 is 0 Å². The minimum Gasteiger partial charge on any atom is -0.397 e. The lowest BCUT2D eigenvalue weighted by Crippen LogP contribution is -2.28. The predicted octanol–water partition coefficient (Wildman–Crippen LogP) is 4.44. The maximum Gasteiger partial charge on any atom is 0.248 e. The van der Waals surface area contributed by atoms with E-state index in [-0.39, 0.29) is 12.5 Å². The van der Waals surface area contributed by atoms with E-state index >= 15 is 0 Å². The van der Waals surface area contributed by atoms with Gasteiger partial charge in [-0.2, -0.15) is 0 Å². The lowest BCUT2D eigenvalue weighted by Gasteiger charge is -2.21. The number of amides is 1. The van der Waals surface area contributed by atoms with E-state index in [1.54, 1.807) is 18.2 Å². The van der Waals surface area contributed by atoms with E-state index in [1.807, 2.05) is 30.3 Å². The number of rotatable bonds is 10. The number of para-hydroxylation sites is 3. The molecule has 1 amide bonds. The molecule has 0 aliphatic carbocycles. The normalized spacial score (nSPS) is 11.5. The minimum absolute atomic E-state index is 0.121. The number of nitrogens with two attached hydrogens (primary N) is 1. The van der Waals surface area contributed by atoms with Crippen LogP contribution < -0.4 is 11.1 Å². The summed E-state index contributed by atoms with van der Waals surface area (Å²) in [7, 11) is 0. The number of aliphatic hydroxyl groups is 1. The summed E-state index contributed by atoms with van der Waals surface area (Å²) in [6.07, 6.45) is 6.26. The van der Waals surface area contributed by atoms with Crippen LogP contribution in [0.4, 0.5) is 11.4 Å². The summed E-state index contributed by atoms with van der Waals surface area (Å²) in [6, 6.07) is 23.6. The van der Waals surface area contributed by atoms with Crippen molar-refractivity contribution in [1.82, 2.24) is 9.88 Å². The number of anilines is 2. The Morgan fingerprint density at radius 1 is 1.00 bits per heavy atom. The minimum atomic E-state index is -0.228. The molecule has 0 saturated carbocycles. The van der Waals surface area contributed by atoms with Crippen LogP contribution in [0.2, 0.25) is 0 Å². The lowest BCUT2D eigenvalue weighted by molar-refractivity contribution is -0.111. The van der Waals surface area contributed by atoms with Crippen molar-refractivity contribution < 1.29 is 9.90 Å². The highest BCUT2D eigenvalue weighted by Crippen LogP contribution is 2.19. The monoisotopic (exact) mass is 454 g/mol. The van der Waals surface area contributed by atoms with E-state index in [2.05, 4.69) is 51.7 Å². The largest absolute Gasteiger partial charge is 0.397 e. The zero-order chi connectivity index (χ0) is 23.8. The van der Waals surface area contributed by atoms with Crippen molar-refractivity contribution in [3.05, 3.63) is 102 Å². The Hall–Kier alpha value is -3.87. The number of aromatic amines is 1. The standard InChI is InChI=1S/C28H30N4O2/c29-25-6-2-4-8-27(25)31-28(34)14-13-21-9-11-22(12-10-21)20-32(17-18-33)16-15-23-19-30-26-7-3-1-5-24(23)26/h1-14,19,30,33H,15-18,20,29H2,(H,31,34)/b14-13-. The molecule has 4 rings (SSSR count). The molecule has 0 aliphatic heterocycles. The summed E-state index contributed by atoms with van der Waals surface area (Å²) in [5.41, 5.74) is 11.5. The number of nitrogens with one attached hydrogen (secondary N) is 2. The van der Waals surface area contributed by atoms with Gasteiger partial charge in [0.1, 0.15) is 0 Å². The second-order valence-electron chi connectivity index (χ2n) is 8.26. The number of carbonyl (C=O) groups is 1. The molecule has 34 heavy (non-hydrogen) atoms. The Morgan fingerprint density at radius 2 is 1.76 bits per heavy atom. The van der Waals surface area contributed by atoms with Crippen molar-refractivity contribution >= 4 is 34.3 Å². The van der Waals surface area contributed by atoms with Gasteiger partial charge in [0.2, 0.25) is 5.91 Å². The van der Waals surface area contributed by atoms with Gasteiger partial charge in [0, 0.05) is 42.8 Å². The fraction of sp³-hybridized carbons (Fsp3) is 0.179. The third-order valence-electron chi connectivity index (χ3n) is 5.82. The molecule has 4 aromatic rings. The van der Waals surface area contributed by atoms with Gasteiger partial charge in [-0.25, -0.2) is 0 Å². The van der Waals surface area contributed by atoms with Gasteiger partial charge in [0.15, 0.2) is 0 Å². The maximum atomic E-state index is 12.2. The van der Waals surface area contributed by atoms with E-state index in [9.17, 15) is 9.90 Å². The molecule has 1 aromatic heterocycles. The zero-order valence-electron chi connectivity index (χ0n) is 19.1. The number of H-pyrrole nitrogens is 1. The van der Waals surface area contributed by atoms with Crippen molar-refractivity contribution in [3.8, 4) is 0 Å². The molecule has 0 saturated heterocycles. The quantitative estimate of drug-likeness (QED) is 0.210. The Morgan fingerprint density at radius 3 is 2.56 bits per heavy atom. The Labute approximate surface area is 199 Å². The molecule has 5 N–H and O–H groups in total. The summed E-state index contributed by atoms with van der Waals surface area (Å²) in [6.45, 7) is 2.34. The summed E-state index contributed by atoms with van der Waals surface area (Å²) < 4.78 is 0. The molecule has 0 bridgehead atoms. The van der Waals surface area contributed by atoms with Crippen LogP contribution in [0.3, 0.4) is 0 Å². The number of benzene rings is 3. The molecule has 0 atom stereocenters. The maximum absolute atomic E-state index is 12.2. The molecule has 0 radical (unpaired) electrons. The highest BCUT2D eigenvalue weighted by molar-refractivity contribution is 6.03. The summed E-state index contributed by atoms with van der Waals surface area (Å²) in [4.78, 5) is 17.8. The van der Waals surface area contributed by atoms with Crippen LogP contribution in [-0.4, -0.2) is 40.6 Å². The highest BCUT2D eigenvalue weighted by atomic mass is 16.3. The summed E-state index contributed by atoms with van der Waals surface area (Å²) in [5.74, 6) is -0.228. The van der Waals surface area contributed by atoms with Gasteiger partial charge in [-0.05, 0) is 47.4 Å². The smallest absolute Gasteiger partial charge is 0.248 e. The highest BCUT2D eigenvalue weighted by Gasteiger charge is 2.09. The molecule has 1 heterocycles. The van der Waals surface area contributed by atoms with Gasteiger partial charge in [-0.3, -0.25) is 9.69 Å². The molecule has 3 aromatic carbocycles. The second kappa shape index (κ2) is 11.3. The van der Waals surface area contributed by atoms with Crippen LogP contribution in [0.15, 0.2) is 85.1 Å². The Balaban J connectivity index is 1.33. The Bertz CT molecular complexity index is 1260. The number of hydrogen-bond donors (Lipinski definition) is 4. The number of aliphatic hydroxyl groups excluding tert-OH is 1. The SMILES string of the molecule is Nc1ccccc1NC(=O)/C=C\c1ccc(CN(CCO)CCc2c[nH]c3ccccc23)cc1. The Kier molecular flexibility index (Phi) is 7.75. The van der Waals surface area contributed by atoms with E-state index in [0.717, 1.165) is 36.2 Å². The topological polar surface area (TPSA) is 94.4 Å². The first-order chi connectivity index (χ1) is 16.6. The van der Waals surface area contributed by atoms with Crippen LogP contribution in [-0.2, 0) is 17.8 Å². The molecular weight excluding hydrogens is 424 g/mol. The molecule has 6 nitrogen and oxygen atoms in total. The van der Waals surface area contributed by atoms with Gasteiger partial charge in [-0.15, -0.1) is 0 Å². The van der Waals surface area contributed by atoms with Crippen LogP contribution in [0.25, 0.3) is 17.0 Å². The van der Waals surface area contributed by atoms with E-state index in [1.165, 1.54) is 17.0 Å². The molecule has 0 unspecified atom stereocenters. The first-order valence-corrected chi connectivity index (χ1v) is 11.4. The molecule has 0 spiro atoms. The molecule has 0 aliphatic rings. The molecule has 0 fully saturated rings. The molecular formula is C28H30N4O2. The van der Waals surface area contributed by atoms with Crippen LogP contribution >= 0.6 is 0 Å². The van der Waals surface area contributed by atoms with E-state index in [4.69, 9.17) is 5.73 Å². The lowest BCUT2D eigenvalue weighted by atomic mass is 10.1.